The highest BCUT2D eigenvalue weighted by atomic mass is 16.6. The van der Waals surface area contributed by atoms with Gasteiger partial charge in [0.2, 0.25) is 0 Å². The van der Waals surface area contributed by atoms with Crippen LogP contribution in [0.2, 0.25) is 0 Å². The van der Waals surface area contributed by atoms with Crippen LogP contribution in [-0.4, -0.2) is 46.5 Å². The molecule has 0 aliphatic carbocycles. The first kappa shape index (κ1) is 13.4. The standard InChI is InChI=1S/C13H20N4O3/c1-9-10(16-20-15-9)8-14-13(18)17-6-2-4-11(17)12-5-3-7-19-12/h11-12H,2-8H2,1H3,(H,14,18). The van der Waals surface area contributed by atoms with Gasteiger partial charge in [-0.25, -0.2) is 9.42 Å². The zero-order valence-corrected chi connectivity index (χ0v) is 11.7. The molecule has 110 valence electrons. The van der Waals surface area contributed by atoms with Crippen molar-refractivity contribution in [1.29, 1.82) is 0 Å². The zero-order valence-electron chi connectivity index (χ0n) is 11.7. The summed E-state index contributed by atoms with van der Waals surface area (Å²) in [5, 5.41) is 10.4. The summed E-state index contributed by atoms with van der Waals surface area (Å²) in [5.74, 6) is 0. The number of rotatable bonds is 3. The molecule has 7 heteroatoms. The first-order valence-corrected chi connectivity index (χ1v) is 7.20. The third-order valence-corrected chi connectivity index (χ3v) is 4.11. The van der Waals surface area contributed by atoms with Crippen LogP contribution in [0.1, 0.15) is 37.1 Å². The van der Waals surface area contributed by atoms with Crippen molar-refractivity contribution < 1.29 is 14.2 Å². The monoisotopic (exact) mass is 280 g/mol. The molecule has 2 fully saturated rings. The van der Waals surface area contributed by atoms with Gasteiger partial charge in [0.25, 0.3) is 0 Å². The van der Waals surface area contributed by atoms with Crippen molar-refractivity contribution in [2.75, 3.05) is 13.2 Å². The Hall–Kier alpha value is -1.63. The second kappa shape index (κ2) is 5.78. The molecule has 0 bridgehead atoms. The van der Waals surface area contributed by atoms with Crippen LogP contribution in [0.5, 0.6) is 0 Å². The van der Waals surface area contributed by atoms with Gasteiger partial charge in [-0.05, 0) is 32.6 Å². The topological polar surface area (TPSA) is 80.5 Å². The van der Waals surface area contributed by atoms with Gasteiger partial charge in [-0.15, -0.1) is 0 Å². The molecule has 0 radical (unpaired) electrons. The van der Waals surface area contributed by atoms with Crippen molar-refractivity contribution in [1.82, 2.24) is 20.5 Å². The van der Waals surface area contributed by atoms with Crippen molar-refractivity contribution in [2.45, 2.75) is 51.3 Å². The predicted molar refractivity (Wildman–Crippen MR) is 70.0 cm³/mol. The fraction of sp³-hybridized carbons (Fsp3) is 0.769. The Kier molecular flexibility index (Phi) is 3.86. The first-order valence-electron chi connectivity index (χ1n) is 7.20. The molecule has 2 saturated heterocycles. The number of hydrogen-bond donors (Lipinski definition) is 1. The highest BCUT2D eigenvalue weighted by Crippen LogP contribution is 2.27. The molecule has 0 aromatic carbocycles. The first-order chi connectivity index (χ1) is 9.75. The Morgan fingerprint density at radius 3 is 3.00 bits per heavy atom. The smallest absolute Gasteiger partial charge is 0.318 e. The summed E-state index contributed by atoms with van der Waals surface area (Å²) in [6.07, 6.45) is 4.44. The molecule has 1 aromatic heterocycles. The fourth-order valence-corrected chi connectivity index (χ4v) is 3.01. The highest BCUT2D eigenvalue weighted by Gasteiger charge is 2.36. The minimum absolute atomic E-state index is 0.0506. The van der Waals surface area contributed by atoms with E-state index in [1.54, 1.807) is 0 Å². The van der Waals surface area contributed by atoms with Crippen molar-refractivity contribution in [3.05, 3.63) is 11.4 Å². The lowest BCUT2D eigenvalue weighted by Gasteiger charge is -2.28. The summed E-state index contributed by atoms with van der Waals surface area (Å²) in [6.45, 7) is 3.78. The van der Waals surface area contributed by atoms with Gasteiger partial charge in [-0.2, -0.15) is 0 Å². The summed E-state index contributed by atoms with van der Waals surface area (Å²) < 4.78 is 10.3. The molecular weight excluding hydrogens is 260 g/mol. The average Bonchev–Trinajstić information content (AvgIpc) is 3.17. The fourth-order valence-electron chi connectivity index (χ4n) is 3.01. The van der Waals surface area contributed by atoms with Crippen molar-refractivity contribution in [2.24, 2.45) is 0 Å². The second-order valence-electron chi connectivity index (χ2n) is 5.41. The van der Waals surface area contributed by atoms with E-state index in [2.05, 4.69) is 20.3 Å². The maximum atomic E-state index is 12.3. The molecule has 2 atom stereocenters. The quantitative estimate of drug-likeness (QED) is 0.900. The average molecular weight is 280 g/mol. The lowest BCUT2D eigenvalue weighted by atomic mass is 10.1. The SMILES string of the molecule is Cc1nonc1CNC(=O)N1CCCC1C1CCCO1. The van der Waals surface area contributed by atoms with Crippen LogP contribution in [-0.2, 0) is 11.3 Å². The van der Waals surface area contributed by atoms with Crippen molar-refractivity contribution >= 4 is 6.03 Å². The summed E-state index contributed by atoms with van der Waals surface area (Å²) in [5.41, 5.74) is 1.38. The minimum Gasteiger partial charge on any atom is -0.376 e. The molecule has 2 aliphatic heterocycles. The number of carbonyl (C=O) groups is 1. The van der Waals surface area contributed by atoms with E-state index in [1.165, 1.54) is 0 Å². The van der Waals surface area contributed by atoms with Gasteiger partial charge in [0, 0.05) is 13.2 Å². The minimum atomic E-state index is -0.0506. The molecule has 3 heterocycles. The van der Waals surface area contributed by atoms with Crippen LogP contribution in [0.25, 0.3) is 0 Å². The Morgan fingerprint density at radius 1 is 1.40 bits per heavy atom. The third kappa shape index (κ3) is 2.63. The molecule has 1 N–H and O–H groups in total. The Bertz CT molecular complexity index is 470. The van der Waals surface area contributed by atoms with Gasteiger partial charge >= 0.3 is 6.03 Å². The zero-order chi connectivity index (χ0) is 13.9. The molecular formula is C13H20N4O3. The molecule has 7 nitrogen and oxygen atoms in total. The van der Waals surface area contributed by atoms with Gasteiger partial charge < -0.3 is 15.0 Å². The molecule has 20 heavy (non-hydrogen) atoms. The lowest BCUT2D eigenvalue weighted by Crippen LogP contribution is -2.47. The molecule has 1 aromatic rings. The van der Waals surface area contributed by atoms with Gasteiger partial charge in [0.1, 0.15) is 11.4 Å². The summed E-state index contributed by atoms with van der Waals surface area (Å²) >= 11 is 0. The number of aromatic nitrogens is 2. The number of ether oxygens (including phenoxy) is 1. The number of nitrogens with zero attached hydrogens (tertiary/aromatic N) is 3. The number of nitrogens with one attached hydrogen (secondary N) is 1. The normalized spacial score (nSPS) is 26.1. The number of urea groups is 1. The Balaban J connectivity index is 1.57. The number of amides is 2. The van der Waals surface area contributed by atoms with Crippen molar-refractivity contribution in [3.8, 4) is 0 Å². The van der Waals surface area contributed by atoms with Gasteiger partial charge in [-0.3, -0.25) is 0 Å². The predicted octanol–water partition coefficient (Wildman–Crippen LogP) is 1.23. The maximum absolute atomic E-state index is 12.3. The van der Waals surface area contributed by atoms with Crippen LogP contribution in [0.3, 0.4) is 0 Å². The van der Waals surface area contributed by atoms with E-state index in [9.17, 15) is 4.79 Å². The Labute approximate surface area is 117 Å². The van der Waals surface area contributed by atoms with Crippen molar-refractivity contribution in [3.63, 3.8) is 0 Å². The van der Waals surface area contributed by atoms with E-state index in [0.717, 1.165) is 38.8 Å². The maximum Gasteiger partial charge on any atom is 0.318 e. The molecule has 2 amide bonds. The Morgan fingerprint density at radius 2 is 2.30 bits per heavy atom. The molecule has 3 rings (SSSR count). The molecule has 0 saturated carbocycles. The van der Waals surface area contributed by atoms with Gasteiger partial charge in [0.15, 0.2) is 0 Å². The number of aryl methyl sites for hydroxylation is 1. The summed E-state index contributed by atoms with van der Waals surface area (Å²) in [6, 6.07) is 0.166. The van der Waals surface area contributed by atoms with E-state index >= 15 is 0 Å². The van der Waals surface area contributed by atoms with Gasteiger partial charge in [0.05, 0.1) is 18.7 Å². The summed E-state index contributed by atoms with van der Waals surface area (Å²) in [4.78, 5) is 14.2. The molecule has 2 aliphatic rings. The molecule has 0 spiro atoms. The molecule has 2 unspecified atom stereocenters. The van der Waals surface area contributed by atoms with E-state index < -0.39 is 0 Å². The van der Waals surface area contributed by atoms with Crippen LogP contribution in [0.15, 0.2) is 4.63 Å². The second-order valence-corrected chi connectivity index (χ2v) is 5.41. The van der Waals surface area contributed by atoms with Crippen LogP contribution in [0.4, 0.5) is 4.79 Å². The largest absolute Gasteiger partial charge is 0.376 e. The van der Waals surface area contributed by atoms with Crippen LogP contribution in [0, 0.1) is 6.92 Å². The third-order valence-electron chi connectivity index (χ3n) is 4.11. The number of carbonyl (C=O) groups excluding carboxylic acids is 1. The van der Waals surface area contributed by atoms with E-state index in [-0.39, 0.29) is 18.2 Å². The number of hydrogen-bond acceptors (Lipinski definition) is 5. The van der Waals surface area contributed by atoms with E-state index in [1.807, 2.05) is 11.8 Å². The lowest BCUT2D eigenvalue weighted by molar-refractivity contribution is 0.0520. The van der Waals surface area contributed by atoms with Crippen LogP contribution >= 0.6 is 0 Å². The van der Waals surface area contributed by atoms with E-state index in [0.29, 0.717) is 17.9 Å². The summed E-state index contributed by atoms with van der Waals surface area (Å²) in [7, 11) is 0. The van der Waals surface area contributed by atoms with E-state index in [4.69, 9.17) is 4.74 Å². The van der Waals surface area contributed by atoms with Crippen LogP contribution < -0.4 is 5.32 Å². The number of likely N-dealkylation sites (tertiary alicyclic amines) is 1. The highest BCUT2D eigenvalue weighted by molar-refractivity contribution is 5.74. The van der Waals surface area contributed by atoms with Gasteiger partial charge in [-0.1, -0.05) is 10.3 Å².